The van der Waals surface area contributed by atoms with Crippen LogP contribution in [0.15, 0.2) is 113 Å². The van der Waals surface area contributed by atoms with Crippen LogP contribution in [0.1, 0.15) is 16.7 Å². The van der Waals surface area contributed by atoms with Gasteiger partial charge in [-0.25, -0.2) is 13.4 Å². The lowest BCUT2D eigenvalue weighted by molar-refractivity contribution is -0.127. The van der Waals surface area contributed by atoms with E-state index in [2.05, 4.69) is 4.98 Å². The maximum Gasteiger partial charge on any atom is 0.264 e. The predicted molar refractivity (Wildman–Crippen MR) is 163 cm³/mol. The Morgan fingerprint density at radius 2 is 1.49 bits per heavy atom. The van der Waals surface area contributed by atoms with Crippen molar-refractivity contribution in [3.63, 3.8) is 0 Å². The third-order valence-corrected chi connectivity index (χ3v) is 8.52. The van der Waals surface area contributed by atoms with E-state index in [0.29, 0.717) is 22.6 Å². The Bertz CT molecular complexity index is 1830. The third-order valence-electron chi connectivity index (χ3n) is 6.74. The van der Waals surface area contributed by atoms with E-state index in [1.54, 1.807) is 50.5 Å². The smallest absolute Gasteiger partial charge is 0.264 e. The first-order valence-corrected chi connectivity index (χ1v) is 14.4. The number of aliphatic imine (C=N–C) groups is 1. The average Bonchev–Trinajstić information content (AvgIpc) is 3.31. The van der Waals surface area contributed by atoms with Crippen molar-refractivity contribution in [2.75, 3.05) is 24.9 Å². The van der Waals surface area contributed by atoms with E-state index in [1.807, 2.05) is 61.5 Å². The Kier molecular flexibility index (Phi) is 7.63. The molecular formula is C32H30N4O4S. The van der Waals surface area contributed by atoms with Crippen LogP contribution in [0.25, 0.3) is 10.9 Å². The standard InChI is InChI=1S/C32H30N4O4S/c1-22-13-19-26(20-14-22)41(39,40)36(21-29(37)35(2)3)25-17-15-24(16-18-25)33-31(23-9-5-4-6-10-23)30-27-11-7-8-12-28(27)34-32(30)38/h4-20,34,38H,21H2,1-3H3. The molecule has 0 atom stereocenters. The van der Waals surface area contributed by atoms with Crippen molar-refractivity contribution >= 4 is 43.9 Å². The average molecular weight is 567 g/mol. The molecule has 5 rings (SSSR count). The van der Waals surface area contributed by atoms with E-state index in [0.717, 1.165) is 26.3 Å². The van der Waals surface area contributed by atoms with Gasteiger partial charge in [0.2, 0.25) is 5.91 Å². The van der Waals surface area contributed by atoms with Crippen LogP contribution in [0.5, 0.6) is 5.88 Å². The second-order valence-electron chi connectivity index (χ2n) is 9.85. The van der Waals surface area contributed by atoms with Gasteiger partial charge in [0.05, 0.1) is 27.5 Å². The Morgan fingerprint density at radius 3 is 2.15 bits per heavy atom. The van der Waals surface area contributed by atoms with Gasteiger partial charge in [-0.1, -0.05) is 66.2 Å². The van der Waals surface area contributed by atoms with Gasteiger partial charge in [0, 0.05) is 30.6 Å². The van der Waals surface area contributed by atoms with Crippen molar-refractivity contribution in [3.05, 3.63) is 120 Å². The summed E-state index contributed by atoms with van der Waals surface area (Å²) in [6, 6.07) is 30.3. The van der Waals surface area contributed by atoms with Crippen molar-refractivity contribution in [1.29, 1.82) is 0 Å². The van der Waals surface area contributed by atoms with E-state index in [1.165, 1.54) is 17.0 Å². The van der Waals surface area contributed by atoms with Crippen LogP contribution in [-0.2, 0) is 14.8 Å². The zero-order valence-electron chi connectivity index (χ0n) is 22.9. The first kappa shape index (κ1) is 27.7. The minimum Gasteiger partial charge on any atom is -0.494 e. The summed E-state index contributed by atoms with van der Waals surface area (Å²) in [5.74, 6) is -0.355. The fourth-order valence-electron chi connectivity index (χ4n) is 4.47. The topological polar surface area (TPSA) is 106 Å². The number of hydrogen-bond donors (Lipinski definition) is 2. The van der Waals surface area contributed by atoms with E-state index < -0.39 is 10.0 Å². The molecule has 0 saturated carbocycles. The highest BCUT2D eigenvalue weighted by molar-refractivity contribution is 7.92. The number of rotatable bonds is 8. The zero-order valence-corrected chi connectivity index (χ0v) is 23.8. The monoisotopic (exact) mass is 566 g/mol. The maximum absolute atomic E-state index is 13.7. The van der Waals surface area contributed by atoms with Gasteiger partial charge in [-0.2, -0.15) is 0 Å². The van der Waals surface area contributed by atoms with Gasteiger partial charge in [0.1, 0.15) is 6.54 Å². The summed E-state index contributed by atoms with van der Waals surface area (Å²) in [6.07, 6.45) is 0. The maximum atomic E-state index is 13.7. The first-order chi connectivity index (χ1) is 19.6. The van der Waals surface area contributed by atoms with Gasteiger partial charge in [-0.3, -0.25) is 9.10 Å². The number of nitrogens with one attached hydrogen (secondary N) is 1. The predicted octanol–water partition coefficient (Wildman–Crippen LogP) is 5.63. The van der Waals surface area contributed by atoms with Crippen LogP contribution in [-0.4, -0.2) is 55.7 Å². The van der Waals surface area contributed by atoms with Gasteiger partial charge in [-0.15, -0.1) is 0 Å². The molecule has 0 aliphatic rings. The molecule has 0 spiro atoms. The molecule has 0 radical (unpaired) electrons. The second-order valence-corrected chi connectivity index (χ2v) is 11.7. The van der Waals surface area contributed by atoms with E-state index >= 15 is 0 Å². The van der Waals surface area contributed by atoms with Crippen molar-refractivity contribution < 1.29 is 18.3 Å². The van der Waals surface area contributed by atoms with E-state index in [4.69, 9.17) is 4.99 Å². The molecule has 4 aromatic carbocycles. The summed E-state index contributed by atoms with van der Waals surface area (Å²) in [5, 5.41) is 11.7. The number of nitrogens with zero attached hydrogens (tertiary/aromatic N) is 3. The number of sulfonamides is 1. The molecule has 1 amide bonds. The lowest BCUT2D eigenvalue weighted by atomic mass is 10.0. The minimum absolute atomic E-state index is 0.00277. The number of hydrogen-bond acceptors (Lipinski definition) is 5. The number of para-hydroxylation sites is 1. The van der Waals surface area contributed by atoms with Crippen LogP contribution in [0, 0.1) is 6.92 Å². The Labute approximate surface area is 239 Å². The Hall–Kier alpha value is -4.89. The highest BCUT2D eigenvalue weighted by Crippen LogP contribution is 2.32. The zero-order chi connectivity index (χ0) is 29.1. The van der Waals surface area contributed by atoms with E-state index in [9.17, 15) is 18.3 Å². The number of aromatic hydroxyl groups is 1. The van der Waals surface area contributed by atoms with Crippen molar-refractivity contribution in [2.45, 2.75) is 11.8 Å². The molecule has 0 unspecified atom stereocenters. The van der Waals surface area contributed by atoms with Crippen LogP contribution in [0.3, 0.4) is 0 Å². The summed E-state index contributed by atoms with van der Waals surface area (Å²) >= 11 is 0. The van der Waals surface area contributed by atoms with Crippen LogP contribution in [0.4, 0.5) is 11.4 Å². The third kappa shape index (κ3) is 5.71. The highest BCUT2D eigenvalue weighted by atomic mass is 32.2. The minimum atomic E-state index is -4.03. The van der Waals surface area contributed by atoms with Gasteiger partial charge < -0.3 is 15.0 Å². The SMILES string of the molecule is Cc1ccc(S(=O)(=O)N(CC(=O)N(C)C)c2ccc(N=C(c3ccccc3)c3c(O)[nH]c4ccccc34)cc2)cc1. The number of aryl methyl sites for hydroxylation is 1. The number of fused-ring (bicyclic) bond motifs is 1. The van der Waals surface area contributed by atoms with Gasteiger partial charge >= 0.3 is 0 Å². The summed E-state index contributed by atoms with van der Waals surface area (Å²) in [4.78, 5) is 22.0. The highest BCUT2D eigenvalue weighted by Gasteiger charge is 2.28. The molecule has 1 heterocycles. The molecule has 2 N–H and O–H groups in total. The second kappa shape index (κ2) is 11.3. The summed E-state index contributed by atoms with van der Waals surface area (Å²) in [6.45, 7) is 1.52. The number of carbonyl (C=O) groups is 1. The quantitative estimate of drug-likeness (QED) is 0.237. The molecule has 0 saturated heterocycles. The number of aromatic amines is 1. The largest absolute Gasteiger partial charge is 0.494 e. The van der Waals surface area contributed by atoms with Crippen LogP contribution < -0.4 is 4.31 Å². The fraction of sp³-hybridized carbons (Fsp3) is 0.125. The van der Waals surface area contributed by atoms with Crippen molar-refractivity contribution in [2.24, 2.45) is 4.99 Å². The molecule has 0 aliphatic heterocycles. The van der Waals surface area contributed by atoms with Gasteiger partial charge in [-0.05, 0) is 49.4 Å². The van der Waals surface area contributed by atoms with Crippen LogP contribution in [0.2, 0.25) is 0 Å². The molecule has 0 fully saturated rings. The Morgan fingerprint density at radius 1 is 0.854 bits per heavy atom. The number of anilines is 1. The number of likely N-dealkylation sites (N-methyl/N-ethyl adjacent to an activating group) is 1. The van der Waals surface area contributed by atoms with Gasteiger partial charge in [0.25, 0.3) is 10.0 Å². The Balaban J connectivity index is 1.59. The summed E-state index contributed by atoms with van der Waals surface area (Å²) in [5.41, 5.74) is 4.51. The summed E-state index contributed by atoms with van der Waals surface area (Å²) in [7, 11) is -0.860. The number of H-pyrrole nitrogens is 1. The first-order valence-electron chi connectivity index (χ1n) is 13.0. The fourth-order valence-corrected chi connectivity index (χ4v) is 5.88. The summed E-state index contributed by atoms with van der Waals surface area (Å²) < 4.78 is 28.4. The molecule has 0 aliphatic carbocycles. The van der Waals surface area contributed by atoms with Gasteiger partial charge in [0.15, 0.2) is 5.88 Å². The number of benzene rings is 4. The molecule has 208 valence electrons. The molecule has 41 heavy (non-hydrogen) atoms. The van der Waals surface area contributed by atoms with Crippen molar-refractivity contribution in [3.8, 4) is 5.88 Å². The lowest BCUT2D eigenvalue weighted by Crippen LogP contribution is -2.40. The number of aromatic nitrogens is 1. The normalized spacial score (nSPS) is 11.9. The number of carbonyl (C=O) groups excluding carboxylic acids is 1. The lowest BCUT2D eigenvalue weighted by Gasteiger charge is -2.25. The molecule has 0 bridgehead atoms. The molecule has 5 aromatic rings. The molecule has 9 heteroatoms. The van der Waals surface area contributed by atoms with Crippen LogP contribution >= 0.6 is 0 Å². The van der Waals surface area contributed by atoms with E-state index in [-0.39, 0.29) is 23.2 Å². The number of amides is 1. The molecule has 1 aromatic heterocycles. The molecule has 8 nitrogen and oxygen atoms in total. The van der Waals surface area contributed by atoms with Crippen molar-refractivity contribution in [1.82, 2.24) is 9.88 Å². The molecular weight excluding hydrogens is 536 g/mol.